The average molecular weight is 431 g/mol. The van der Waals surface area contributed by atoms with Crippen LogP contribution in [0.2, 0.25) is 0 Å². The molecule has 0 saturated carbocycles. The zero-order valence-corrected chi connectivity index (χ0v) is 17.7. The minimum Gasteiger partial charge on any atom is -0.444 e. The van der Waals surface area contributed by atoms with Gasteiger partial charge in [0.05, 0.1) is 15.0 Å². The van der Waals surface area contributed by atoms with E-state index in [1.165, 1.54) is 0 Å². The summed E-state index contributed by atoms with van der Waals surface area (Å²) in [7, 11) is -2.50. The largest absolute Gasteiger partial charge is 0.444 e. The third-order valence-electron chi connectivity index (χ3n) is 4.02. The van der Waals surface area contributed by atoms with Gasteiger partial charge in [-0.25, -0.2) is 13.4 Å². The van der Waals surface area contributed by atoms with Crippen LogP contribution in [0.5, 0.6) is 0 Å². The lowest BCUT2D eigenvalue weighted by Gasteiger charge is -2.34. The number of amides is 1. The summed E-state index contributed by atoms with van der Waals surface area (Å²) in [5.41, 5.74) is -0.504. The lowest BCUT2D eigenvalue weighted by molar-refractivity contribution is 0.0218. The fourth-order valence-electron chi connectivity index (χ4n) is 2.88. The molecule has 0 radical (unpaired) electrons. The van der Waals surface area contributed by atoms with Crippen LogP contribution >= 0.6 is 15.9 Å². The van der Waals surface area contributed by atoms with Gasteiger partial charge in [0.2, 0.25) is 0 Å². The molecule has 1 saturated heterocycles. The van der Waals surface area contributed by atoms with E-state index in [-0.39, 0.29) is 11.3 Å². The standard InChI is InChI=1S/C18H27BrN2O3S/c1-5-20-25(23,15-8-6-14(19)7-9-15)16-10-12-21(13-11-16)17(22)24-18(2,3)4/h6-9,16H,5,10-13H2,1-4H3. The van der Waals surface area contributed by atoms with Gasteiger partial charge in [0, 0.05) is 29.0 Å². The van der Waals surface area contributed by atoms with Crippen LogP contribution in [0.4, 0.5) is 4.79 Å². The lowest BCUT2D eigenvalue weighted by atomic mass is 10.1. The summed E-state index contributed by atoms with van der Waals surface area (Å²) >= 11 is 3.41. The number of hydrogen-bond acceptors (Lipinski definition) is 4. The Balaban J connectivity index is 2.14. The van der Waals surface area contributed by atoms with Crippen molar-refractivity contribution in [1.82, 2.24) is 4.90 Å². The predicted octanol–water partition coefficient (Wildman–Crippen LogP) is 4.70. The molecule has 25 heavy (non-hydrogen) atoms. The number of benzene rings is 1. The van der Waals surface area contributed by atoms with Gasteiger partial charge in [-0.2, -0.15) is 0 Å². The second kappa shape index (κ2) is 8.08. The van der Waals surface area contributed by atoms with Gasteiger partial charge in [0.25, 0.3) is 0 Å². The zero-order valence-electron chi connectivity index (χ0n) is 15.3. The minimum absolute atomic E-state index is 0.0488. The monoisotopic (exact) mass is 430 g/mol. The Bertz CT molecular complexity index is 711. The topological polar surface area (TPSA) is 59.0 Å². The minimum atomic E-state index is -2.50. The van der Waals surface area contributed by atoms with E-state index in [4.69, 9.17) is 4.74 Å². The number of rotatable bonds is 3. The number of piperidine rings is 1. The fourth-order valence-corrected chi connectivity index (χ4v) is 5.65. The van der Waals surface area contributed by atoms with Gasteiger partial charge in [-0.05, 0) is 64.8 Å². The summed E-state index contributed by atoms with van der Waals surface area (Å²) in [6.07, 6.45) is 1.03. The molecule has 7 heteroatoms. The van der Waals surface area contributed by atoms with Crippen molar-refractivity contribution < 1.29 is 13.7 Å². The van der Waals surface area contributed by atoms with Crippen molar-refractivity contribution in [3.05, 3.63) is 28.7 Å². The Morgan fingerprint density at radius 3 is 2.32 bits per heavy atom. The number of carbonyl (C=O) groups excluding carboxylic acids is 1. The van der Waals surface area contributed by atoms with Crippen molar-refractivity contribution >= 4 is 31.8 Å². The molecule has 0 bridgehead atoms. The summed E-state index contributed by atoms with van der Waals surface area (Å²) in [6.45, 7) is 9.10. The second-order valence-electron chi connectivity index (χ2n) is 7.13. The van der Waals surface area contributed by atoms with E-state index >= 15 is 0 Å². The van der Waals surface area contributed by atoms with Crippen LogP contribution in [0.25, 0.3) is 0 Å². The molecule has 1 amide bonds. The van der Waals surface area contributed by atoms with Gasteiger partial charge in [-0.15, -0.1) is 0 Å². The van der Waals surface area contributed by atoms with E-state index < -0.39 is 15.3 Å². The average Bonchev–Trinajstić information content (AvgIpc) is 2.54. The molecule has 0 aromatic heterocycles. The van der Waals surface area contributed by atoms with E-state index in [0.29, 0.717) is 32.5 Å². The maximum Gasteiger partial charge on any atom is 0.410 e. The van der Waals surface area contributed by atoms with Crippen LogP contribution in [0.1, 0.15) is 40.5 Å². The number of halogens is 1. The number of likely N-dealkylation sites (tertiary alicyclic amines) is 1. The van der Waals surface area contributed by atoms with Gasteiger partial charge < -0.3 is 9.64 Å². The highest BCUT2D eigenvalue weighted by atomic mass is 79.9. The smallest absolute Gasteiger partial charge is 0.410 e. The fraction of sp³-hybridized carbons (Fsp3) is 0.611. The molecule has 5 nitrogen and oxygen atoms in total. The third-order valence-corrected chi connectivity index (χ3v) is 7.51. The molecule has 140 valence electrons. The van der Waals surface area contributed by atoms with Gasteiger partial charge in [-0.1, -0.05) is 15.9 Å². The molecule has 1 fully saturated rings. The Morgan fingerprint density at radius 2 is 1.84 bits per heavy atom. The molecule has 0 spiro atoms. The molecular formula is C18H27BrN2O3S. The molecule has 1 unspecified atom stereocenters. The number of hydrogen-bond donors (Lipinski definition) is 0. The van der Waals surface area contributed by atoms with Crippen molar-refractivity contribution in [3.8, 4) is 0 Å². The summed E-state index contributed by atoms with van der Waals surface area (Å²) in [6, 6.07) is 7.56. The van der Waals surface area contributed by atoms with Gasteiger partial charge >= 0.3 is 6.09 Å². The molecule has 0 N–H and O–H groups in total. The van der Waals surface area contributed by atoms with Crippen LogP contribution in [0.15, 0.2) is 38.0 Å². The lowest BCUT2D eigenvalue weighted by Crippen LogP contribution is -2.44. The highest BCUT2D eigenvalue weighted by Crippen LogP contribution is 2.28. The first-order valence-corrected chi connectivity index (χ1v) is 11.0. The SMILES string of the molecule is CCN=S(=O)(c1ccc(Br)cc1)C1CCN(C(=O)OC(C)(C)C)CC1. The van der Waals surface area contributed by atoms with Gasteiger partial charge in [0.15, 0.2) is 0 Å². The van der Waals surface area contributed by atoms with Crippen molar-refractivity contribution in [3.63, 3.8) is 0 Å². The van der Waals surface area contributed by atoms with Crippen molar-refractivity contribution in [2.24, 2.45) is 4.36 Å². The molecule has 1 aliphatic heterocycles. The summed E-state index contributed by atoms with van der Waals surface area (Å²) in [5.74, 6) is 0. The summed E-state index contributed by atoms with van der Waals surface area (Å²) < 4.78 is 24.5. The molecule has 1 aliphatic rings. The van der Waals surface area contributed by atoms with Crippen molar-refractivity contribution in [2.75, 3.05) is 19.6 Å². The molecular weight excluding hydrogens is 404 g/mol. The first-order valence-electron chi connectivity index (χ1n) is 8.61. The Kier molecular flexibility index (Phi) is 6.54. The van der Waals surface area contributed by atoms with Gasteiger partial charge in [0.1, 0.15) is 5.60 Å². The number of nitrogens with zero attached hydrogens (tertiary/aromatic N) is 2. The normalized spacial score (nSPS) is 18.5. The van der Waals surface area contributed by atoms with E-state index in [0.717, 1.165) is 9.37 Å². The quantitative estimate of drug-likeness (QED) is 0.698. The molecule has 1 aromatic carbocycles. The molecule has 0 aliphatic carbocycles. The molecule has 1 aromatic rings. The Hall–Kier alpha value is -1.08. The van der Waals surface area contributed by atoms with E-state index in [2.05, 4.69) is 20.3 Å². The zero-order chi connectivity index (χ0) is 18.7. The summed E-state index contributed by atoms with van der Waals surface area (Å²) in [4.78, 5) is 14.7. The Labute approximate surface area is 159 Å². The maximum absolute atomic E-state index is 13.6. The molecule has 1 heterocycles. The van der Waals surface area contributed by atoms with E-state index in [9.17, 15) is 9.00 Å². The number of ether oxygens (including phenoxy) is 1. The maximum atomic E-state index is 13.6. The Morgan fingerprint density at radius 1 is 1.28 bits per heavy atom. The second-order valence-corrected chi connectivity index (χ2v) is 10.6. The first-order chi connectivity index (χ1) is 11.7. The van der Waals surface area contributed by atoms with Gasteiger partial charge in [-0.3, -0.25) is 0 Å². The van der Waals surface area contributed by atoms with Crippen LogP contribution in [0, 0.1) is 0 Å². The van der Waals surface area contributed by atoms with Crippen molar-refractivity contribution in [1.29, 1.82) is 0 Å². The van der Waals surface area contributed by atoms with Crippen LogP contribution < -0.4 is 0 Å². The third kappa shape index (κ3) is 5.20. The van der Waals surface area contributed by atoms with E-state index in [1.54, 1.807) is 4.90 Å². The van der Waals surface area contributed by atoms with E-state index in [1.807, 2.05) is 52.0 Å². The number of carbonyl (C=O) groups is 1. The van der Waals surface area contributed by atoms with Crippen LogP contribution in [-0.2, 0) is 14.5 Å². The predicted molar refractivity (Wildman–Crippen MR) is 104 cm³/mol. The molecule has 2 rings (SSSR count). The van der Waals surface area contributed by atoms with Crippen molar-refractivity contribution in [2.45, 2.75) is 56.3 Å². The molecule has 1 atom stereocenters. The first kappa shape index (κ1) is 20.2. The highest BCUT2D eigenvalue weighted by molar-refractivity contribution is 9.10. The van der Waals surface area contributed by atoms with Crippen LogP contribution in [0.3, 0.4) is 0 Å². The highest BCUT2D eigenvalue weighted by Gasteiger charge is 2.32. The summed E-state index contributed by atoms with van der Waals surface area (Å²) in [5, 5.41) is -0.0488. The van der Waals surface area contributed by atoms with Crippen LogP contribution in [-0.4, -0.2) is 45.7 Å².